The lowest BCUT2D eigenvalue weighted by atomic mass is 9.76. The molecule has 5 atom stereocenters. The van der Waals surface area contributed by atoms with Crippen LogP contribution in [0.25, 0.3) is 6.08 Å². The van der Waals surface area contributed by atoms with Crippen LogP contribution >= 0.6 is 11.6 Å². The molecule has 0 aliphatic carbocycles. The molecule has 5 unspecified atom stereocenters. The number of ketones is 1. The monoisotopic (exact) mass is 624 g/mol. The predicted octanol–water partition coefficient (Wildman–Crippen LogP) is 4.14. The van der Waals surface area contributed by atoms with Gasteiger partial charge in [0.2, 0.25) is 0 Å². The van der Waals surface area contributed by atoms with Crippen molar-refractivity contribution in [2.24, 2.45) is 11.8 Å². The lowest BCUT2D eigenvalue weighted by Gasteiger charge is -2.44. The van der Waals surface area contributed by atoms with Crippen LogP contribution in [0.5, 0.6) is 5.75 Å². The highest BCUT2D eigenvalue weighted by Gasteiger charge is 2.58. The second kappa shape index (κ2) is 15.8. The van der Waals surface area contributed by atoms with Crippen LogP contribution in [0.15, 0.2) is 66.8 Å². The van der Waals surface area contributed by atoms with E-state index in [4.69, 9.17) is 16.3 Å². The molecule has 0 radical (unpaired) electrons. The smallest absolute Gasteiger partial charge is 0.259 e. The van der Waals surface area contributed by atoms with Gasteiger partial charge in [-0.15, -0.1) is 0 Å². The fraction of sp³-hybridized carbons (Fsp3) is 0.412. The van der Waals surface area contributed by atoms with Crippen LogP contribution in [0, 0.1) is 11.8 Å². The number of carbonyl (C=O) groups is 4. The van der Waals surface area contributed by atoms with E-state index in [-0.39, 0.29) is 36.7 Å². The molecule has 1 aliphatic heterocycles. The first-order valence-corrected chi connectivity index (χ1v) is 15.1. The van der Waals surface area contributed by atoms with Crippen molar-refractivity contribution in [1.29, 1.82) is 0 Å². The molecule has 0 saturated carbocycles. The van der Waals surface area contributed by atoms with Gasteiger partial charge in [-0.25, -0.2) is 0 Å². The third-order valence-electron chi connectivity index (χ3n) is 7.78. The van der Waals surface area contributed by atoms with E-state index in [0.29, 0.717) is 22.6 Å². The van der Waals surface area contributed by atoms with Gasteiger partial charge in [-0.05, 0) is 42.2 Å². The molecular weight excluding hydrogens is 584 g/mol. The van der Waals surface area contributed by atoms with E-state index in [2.05, 4.69) is 5.32 Å². The fourth-order valence-electron chi connectivity index (χ4n) is 5.16. The maximum absolute atomic E-state index is 13.9. The molecule has 2 aromatic carbocycles. The lowest BCUT2D eigenvalue weighted by molar-refractivity contribution is -0.169. The second-order valence-electron chi connectivity index (χ2n) is 11.1. The Bertz CT molecular complexity index is 1390. The summed E-state index contributed by atoms with van der Waals surface area (Å²) in [5.74, 6) is -4.10. The number of carbonyl (C=O) groups excluding carboxylic acids is 4. The molecule has 9 nitrogen and oxygen atoms in total. The summed E-state index contributed by atoms with van der Waals surface area (Å²) in [6, 6.07) is 14.3. The van der Waals surface area contributed by atoms with Crippen molar-refractivity contribution in [3.8, 4) is 5.75 Å². The van der Waals surface area contributed by atoms with Crippen LogP contribution in [0.4, 0.5) is 0 Å². The minimum atomic E-state index is -2.28. The van der Waals surface area contributed by atoms with E-state index >= 15 is 0 Å². The largest absolute Gasteiger partial charge is 0.495 e. The molecule has 3 rings (SSSR count). The molecule has 1 aliphatic rings. The quantitative estimate of drug-likeness (QED) is 0.225. The standard InChI is InChI=1S/C34H41ClN2O7/c1-5-10-28(39)32(42)37(30(40)14-9-13-27(38)22(2)15-16-24-11-7-6-8-12-24)34(31(41)23(3)21-36-33(34)43)20-25-17-18-29(44-4)26(35)19-25/h6-9,11-12,14-19,22-23,27-28,38-39H,5,10,13,20-21H2,1-4H3,(H,36,43). The summed E-state index contributed by atoms with van der Waals surface area (Å²) in [6.07, 6.45) is 3.87. The average Bonchev–Trinajstić information content (AvgIpc) is 3.01. The first-order valence-electron chi connectivity index (χ1n) is 14.7. The molecule has 236 valence electrons. The van der Waals surface area contributed by atoms with E-state index in [1.807, 2.05) is 49.4 Å². The minimum Gasteiger partial charge on any atom is -0.495 e. The van der Waals surface area contributed by atoms with Gasteiger partial charge in [0.25, 0.3) is 17.7 Å². The number of imide groups is 1. The molecule has 1 saturated heterocycles. The Hall–Kier alpha value is -3.79. The predicted molar refractivity (Wildman–Crippen MR) is 169 cm³/mol. The van der Waals surface area contributed by atoms with E-state index < -0.39 is 47.2 Å². The van der Waals surface area contributed by atoms with Crippen molar-refractivity contribution in [1.82, 2.24) is 10.2 Å². The fourth-order valence-corrected chi connectivity index (χ4v) is 5.44. The number of nitrogens with one attached hydrogen (secondary N) is 1. The highest BCUT2D eigenvalue weighted by molar-refractivity contribution is 6.32. The van der Waals surface area contributed by atoms with Gasteiger partial charge in [0.15, 0.2) is 11.3 Å². The topological polar surface area (TPSA) is 133 Å². The molecule has 0 bridgehead atoms. The SMILES string of the molecule is CCCC(O)C(=O)N(C(=O)C=CCC(O)C(C)C=Cc1ccccc1)C1(Cc2ccc(OC)c(Cl)c2)C(=O)NCC(C)C1=O. The highest BCUT2D eigenvalue weighted by Crippen LogP contribution is 2.33. The zero-order chi connectivity index (χ0) is 32.4. The summed E-state index contributed by atoms with van der Waals surface area (Å²) < 4.78 is 5.21. The first kappa shape index (κ1) is 34.7. The van der Waals surface area contributed by atoms with Gasteiger partial charge in [0.1, 0.15) is 11.9 Å². The van der Waals surface area contributed by atoms with Gasteiger partial charge in [-0.3, -0.25) is 24.1 Å². The van der Waals surface area contributed by atoms with Crippen LogP contribution in [-0.4, -0.2) is 70.0 Å². The number of Topliss-reactive ketones (excluding diaryl/α,β-unsaturated/α-hetero) is 1. The van der Waals surface area contributed by atoms with Crippen molar-refractivity contribution in [2.45, 2.75) is 64.2 Å². The molecule has 1 fully saturated rings. The third-order valence-corrected chi connectivity index (χ3v) is 8.08. The third kappa shape index (κ3) is 8.02. The maximum atomic E-state index is 13.9. The second-order valence-corrected chi connectivity index (χ2v) is 11.5. The highest BCUT2D eigenvalue weighted by atomic mass is 35.5. The van der Waals surface area contributed by atoms with Gasteiger partial charge >= 0.3 is 0 Å². The molecule has 10 heteroatoms. The molecule has 2 aromatic rings. The summed E-state index contributed by atoms with van der Waals surface area (Å²) in [6.45, 7) is 5.22. The summed E-state index contributed by atoms with van der Waals surface area (Å²) in [5, 5.41) is 24.4. The number of piperidine rings is 1. The normalized spacial score (nSPS) is 20.8. The molecule has 3 N–H and O–H groups in total. The summed E-state index contributed by atoms with van der Waals surface area (Å²) in [4.78, 5) is 55.8. The molecule has 1 heterocycles. The number of hydrogen-bond donors (Lipinski definition) is 3. The molecule has 0 aromatic heterocycles. The van der Waals surface area contributed by atoms with Crippen LogP contribution in [0.3, 0.4) is 0 Å². The van der Waals surface area contributed by atoms with Crippen molar-refractivity contribution in [3.63, 3.8) is 0 Å². The van der Waals surface area contributed by atoms with Crippen LogP contribution < -0.4 is 10.1 Å². The van der Waals surface area contributed by atoms with E-state index in [1.165, 1.54) is 19.3 Å². The lowest BCUT2D eigenvalue weighted by Crippen LogP contribution is -2.73. The number of nitrogens with zero attached hydrogens (tertiary/aromatic N) is 1. The number of aliphatic hydroxyl groups excluding tert-OH is 2. The zero-order valence-electron chi connectivity index (χ0n) is 25.5. The average molecular weight is 625 g/mol. The maximum Gasteiger partial charge on any atom is 0.259 e. The molecule has 0 spiro atoms. The van der Waals surface area contributed by atoms with Gasteiger partial charge in [0, 0.05) is 24.8 Å². The molecule has 3 amide bonds. The van der Waals surface area contributed by atoms with E-state index in [0.717, 1.165) is 11.6 Å². The molecular formula is C34H41ClN2O7. The molecule has 44 heavy (non-hydrogen) atoms. The number of halogens is 1. The van der Waals surface area contributed by atoms with Crippen molar-refractivity contribution in [2.75, 3.05) is 13.7 Å². The van der Waals surface area contributed by atoms with Crippen LogP contribution in [0.2, 0.25) is 5.02 Å². The van der Waals surface area contributed by atoms with Gasteiger partial charge in [-0.1, -0.05) is 93.4 Å². The number of rotatable bonds is 13. The Labute approximate surface area is 263 Å². The number of hydrogen-bond acceptors (Lipinski definition) is 7. The number of aliphatic hydroxyl groups is 2. The first-order chi connectivity index (χ1) is 21.0. The van der Waals surface area contributed by atoms with Gasteiger partial charge < -0.3 is 20.3 Å². The zero-order valence-corrected chi connectivity index (χ0v) is 26.3. The van der Waals surface area contributed by atoms with Crippen molar-refractivity contribution in [3.05, 3.63) is 82.9 Å². The van der Waals surface area contributed by atoms with Crippen LogP contribution in [-0.2, 0) is 25.6 Å². The summed E-state index contributed by atoms with van der Waals surface area (Å²) in [5.41, 5.74) is -0.903. The van der Waals surface area contributed by atoms with Crippen molar-refractivity contribution < 1.29 is 34.1 Å². The Morgan fingerprint density at radius 1 is 1.18 bits per heavy atom. The Kier molecular flexibility index (Phi) is 12.5. The number of methoxy groups -OCH3 is 1. The van der Waals surface area contributed by atoms with E-state index in [9.17, 15) is 29.4 Å². The Morgan fingerprint density at radius 2 is 1.89 bits per heavy atom. The Balaban J connectivity index is 1.98. The summed E-state index contributed by atoms with van der Waals surface area (Å²) in [7, 11) is 1.44. The number of ether oxygens (including phenoxy) is 1. The van der Waals surface area contributed by atoms with Crippen molar-refractivity contribution >= 4 is 41.2 Å². The van der Waals surface area contributed by atoms with E-state index in [1.54, 1.807) is 26.0 Å². The number of benzene rings is 2. The van der Waals surface area contributed by atoms with Crippen LogP contribution in [0.1, 0.15) is 51.2 Å². The van der Waals surface area contributed by atoms with Gasteiger partial charge in [-0.2, -0.15) is 0 Å². The number of amides is 3. The minimum absolute atomic E-state index is 0.0200. The van der Waals surface area contributed by atoms with Gasteiger partial charge in [0.05, 0.1) is 18.2 Å². The Morgan fingerprint density at radius 3 is 2.52 bits per heavy atom. The summed E-state index contributed by atoms with van der Waals surface area (Å²) >= 11 is 6.33.